The molecule has 0 bridgehead atoms. The van der Waals surface area contributed by atoms with E-state index in [1.165, 1.54) is 23.0 Å². The molecule has 0 unspecified atom stereocenters. The Morgan fingerprint density at radius 3 is 2.42 bits per heavy atom. The molecule has 7 nitrogen and oxygen atoms in total. The molecule has 2 aromatic heterocycles. The summed E-state index contributed by atoms with van der Waals surface area (Å²) >= 11 is 1.35. The van der Waals surface area contributed by atoms with E-state index in [2.05, 4.69) is 10.3 Å². The molecular weight excluding hydrogens is 474 g/mol. The number of anilines is 1. The van der Waals surface area contributed by atoms with Gasteiger partial charge in [0.1, 0.15) is 5.69 Å². The normalized spacial score (nSPS) is 11.1. The number of carbonyl (C=O) groups is 2. The smallest absolute Gasteiger partial charge is 0.356 e. The van der Waals surface area contributed by atoms with E-state index >= 15 is 0 Å². The molecule has 8 heteroatoms. The first kappa shape index (κ1) is 23.4. The number of hydrogen-bond donors (Lipinski definition) is 1. The van der Waals surface area contributed by atoms with Crippen molar-refractivity contribution in [1.29, 1.82) is 0 Å². The summed E-state index contributed by atoms with van der Waals surface area (Å²) in [5.74, 6) is -1.27. The lowest BCUT2D eigenvalue weighted by atomic mass is 9.96. The Kier molecular flexibility index (Phi) is 6.12. The van der Waals surface area contributed by atoms with Gasteiger partial charge in [-0.25, -0.2) is 9.78 Å². The Morgan fingerprint density at radius 1 is 0.972 bits per heavy atom. The minimum atomic E-state index is -0.758. The Bertz CT molecular complexity index is 1700. The first-order valence-electron chi connectivity index (χ1n) is 11.3. The summed E-state index contributed by atoms with van der Waals surface area (Å²) in [5, 5.41) is 4.25. The van der Waals surface area contributed by atoms with Crippen LogP contribution in [-0.2, 0) is 16.6 Å². The van der Waals surface area contributed by atoms with Crippen molar-refractivity contribution in [2.45, 2.75) is 13.8 Å². The molecule has 0 radical (unpaired) electrons. The van der Waals surface area contributed by atoms with E-state index in [1.54, 1.807) is 12.1 Å². The quantitative estimate of drug-likeness (QED) is 0.336. The van der Waals surface area contributed by atoms with Gasteiger partial charge in [0.15, 0.2) is 11.7 Å². The van der Waals surface area contributed by atoms with Crippen LogP contribution in [0.25, 0.3) is 32.1 Å². The van der Waals surface area contributed by atoms with Crippen LogP contribution >= 0.6 is 11.3 Å². The molecule has 1 N–H and O–H groups in total. The zero-order valence-corrected chi connectivity index (χ0v) is 20.8. The number of esters is 1. The van der Waals surface area contributed by atoms with E-state index in [0.29, 0.717) is 21.5 Å². The van der Waals surface area contributed by atoms with Crippen LogP contribution in [-0.4, -0.2) is 28.0 Å². The number of benzene rings is 3. The van der Waals surface area contributed by atoms with Crippen LogP contribution in [0.4, 0.5) is 5.13 Å². The third-order valence-corrected chi connectivity index (χ3v) is 6.90. The van der Waals surface area contributed by atoms with Gasteiger partial charge >= 0.3 is 5.97 Å². The molecule has 0 saturated carbocycles. The fourth-order valence-corrected chi connectivity index (χ4v) is 5.14. The second-order valence-corrected chi connectivity index (χ2v) is 9.64. The monoisotopic (exact) mass is 497 g/mol. The van der Waals surface area contributed by atoms with E-state index in [4.69, 9.17) is 4.74 Å². The number of fused-ring (bicyclic) bond motifs is 2. The van der Waals surface area contributed by atoms with Crippen molar-refractivity contribution in [3.05, 3.63) is 93.9 Å². The van der Waals surface area contributed by atoms with Gasteiger partial charge in [-0.05, 0) is 48.6 Å². The number of pyridine rings is 1. The molecule has 0 aliphatic carbocycles. The van der Waals surface area contributed by atoms with Gasteiger partial charge in [0.2, 0.25) is 0 Å². The van der Waals surface area contributed by atoms with Gasteiger partial charge in [0.25, 0.3) is 11.5 Å². The molecule has 3 aromatic carbocycles. The average molecular weight is 498 g/mol. The third-order valence-electron chi connectivity index (χ3n) is 5.96. The molecule has 1 amide bonds. The predicted molar refractivity (Wildman–Crippen MR) is 143 cm³/mol. The van der Waals surface area contributed by atoms with Crippen LogP contribution in [0.3, 0.4) is 0 Å². The molecule has 0 atom stereocenters. The number of thiazole rings is 1. The van der Waals surface area contributed by atoms with Gasteiger partial charge in [-0.3, -0.25) is 14.9 Å². The van der Waals surface area contributed by atoms with E-state index in [1.807, 2.05) is 68.4 Å². The number of carbonyl (C=O) groups excluding carboxylic acids is 2. The highest BCUT2D eigenvalue weighted by molar-refractivity contribution is 7.22. The number of nitrogens with one attached hydrogen (secondary N) is 1. The van der Waals surface area contributed by atoms with Gasteiger partial charge in [-0.2, -0.15) is 0 Å². The fraction of sp³-hybridized carbons (Fsp3) is 0.143. The highest BCUT2D eigenvalue weighted by atomic mass is 32.1. The Labute approximate surface area is 211 Å². The van der Waals surface area contributed by atoms with Crippen molar-refractivity contribution in [2.75, 3.05) is 11.9 Å². The summed E-state index contributed by atoms with van der Waals surface area (Å²) in [7, 11) is 1.53. The molecule has 0 aliphatic heterocycles. The van der Waals surface area contributed by atoms with Crippen LogP contribution < -0.4 is 10.9 Å². The van der Waals surface area contributed by atoms with Gasteiger partial charge in [-0.1, -0.05) is 65.4 Å². The fourth-order valence-electron chi connectivity index (χ4n) is 4.16. The summed E-state index contributed by atoms with van der Waals surface area (Å²) in [4.78, 5) is 43.3. The first-order chi connectivity index (χ1) is 17.3. The highest BCUT2D eigenvalue weighted by Crippen LogP contribution is 2.31. The van der Waals surface area contributed by atoms with Gasteiger partial charge in [-0.15, -0.1) is 0 Å². The van der Waals surface area contributed by atoms with Crippen molar-refractivity contribution in [3.8, 4) is 11.1 Å². The lowest BCUT2D eigenvalue weighted by molar-refractivity contribution is -0.119. The third kappa shape index (κ3) is 4.38. The topological polar surface area (TPSA) is 90.3 Å². The van der Waals surface area contributed by atoms with Gasteiger partial charge in [0, 0.05) is 18.0 Å². The molecule has 36 heavy (non-hydrogen) atoms. The number of hydrogen-bond acceptors (Lipinski definition) is 6. The second-order valence-electron chi connectivity index (χ2n) is 8.61. The van der Waals surface area contributed by atoms with E-state index in [-0.39, 0.29) is 11.3 Å². The predicted octanol–water partition coefficient (Wildman–Crippen LogP) is 5.23. The molecule has 180 valence electrons. The maximum atomic E-state index is 13.3. The Balaban J connectivity index is 1.45. The molecule has 2 heterocycles. The summed E-state index contributed by atoms with van der Waals surface area (Å²) in [6, 6.07) is 20.7. The number of nitrogens with zero attached hydrogens (tertiary/aromatic N) is 2. The van der Waals surface area contributed by atoms with Crippen LogP contribution in [0.1, 0.15) is 21.6 Å². The van der Waals surface area contributed by atoms with Crippen LogP contribution in [0, 0.1) is 13.8 Å². The summed E-state index contributed by atoms with van der Waals surface area (Å²) in [6.45, 7) is 3.45. The van der Waals surface area contributed by atoms with Crippen molar-refractivity contribution in [1.82, 2.24) is 9.55 Å². The highest BCUT2D eigenvalue weighted by Gasteiger charge is 2.23. The molecule has 0 aliphatic rings. The van der Waals surface area contributed by atoms with Gasteiger partial charge in [0.05, 0.1) is 10.2 Å². The van der Waals surface area contributed by atoms with Crippen molar-refractivity contribution >= 4 is 49.3 Å². The molecule has 0 saturated heterocycles. The SMILES string of the molecule is Cc1ccc(-c2c(C(=O)OCC(=O)Nc3nc4ccc(C)cc4s3)n(C)c(=O)c3ccccc23)cc1. The number of aryl methyl sites for hydroxylation is 2. The minimum absolute atomic E-state index is 0.0887. The number of amides is 1. The van der Waals surface area contributed by atoms with Crippen molar-refractivity contribution < 1.29 is 14.3 Å². The van der Waals surface area contributed by atoms with Crippen LogP contribution in [0.15, 0.2) is 71.5 Å². The maximum Gasteiger partial charge on any atom is 0.356 e. The number of aromatic nitrogens is 2. The van der Waals surface area contributed by atoms with E-state index < -0.39 is 18.5 Å². The number of ether oxygens (including phenoxy) is 1. The zero-order valence-electron chi connectivity index (χ0n) is 20.0. The average Bonchev–Trinajstić information content (AvgIpc) is 3.26. The lowest BCUT2D eigenvalue weighted by Gasteiger charge is -2.16. The summed E-state index contributed by atoms with van der Waals surface area (Å²) in [5.41, 5.74) is 4.08. The molecule has 5 aromatic rings. The van der Waals surface area contributed by atoms with Crippen LogP contribution in [0.5, 0.6) is 0 Å². The largest absolute Gasteiger partial charge is 0.451 e. The van der Waals surface area contributed by atoms with Crippen molar-refractivity contribution in [3.63, 3.8) is 0 Å². The van der Waals surface area contributed by atoms with Gasteiger partial charge < -0.3 is 9.30 Å². The standard InChI is InChI=1S/C28H23N3O4S/c1-16-8-11-18(12-9-16)24-19-6-4-5-7-20(19)26(33)31(3)25(24)27(34)35-15-23(32)30-28-29-21-13-10-17(2)14-22(21)36-28/h4-14H,15H2,1-3H3,(H,29,30,32). The van der Waals surface area contributed by atoms with Crippen molar-refractivity contribution in [2.24, 2.45) is 7.05 Å². The minimum Gasteiger partial charge on any atom is -0.451 e. The molecule has 0 spiro atoms. The van der Waals surface area contributed by atoms with Crippen LogP contribution in [0.2, 0.25) is 0 Å². The van der Waals surface area contributed by atoms with E-state index in [9.17, 15) is 14.4 Å². The summed E-state index contributed by atoms with van der Waals surface area (Å²) in [6.07, 6.45) is 0. The Morgan fingerprint density at radius 2 is 1.67 bits per heavy atom. The zero-order chi connectivity index (χ0) is 25.4. The number of rotatable bonds is 5. The molecule has 0 fully saturated rings. The Hall–Kier alpha value is -4.30. The lowest BCUT2D eigenvalue weighted by Crippen LogP contribution is -2.28. The van der Waals surface area contributed by atoms with E-state index in [0.717, 1.165) is 26.9 Å². The second kappa shape index (κ2) is 9.39. The molecule has 5 rings (SSSR count). The summed E-state index contributed by atoms with van der Waals surface area (Å²) < 4.78 is 7.63. The first-order valence-corrected chi connectivity index (χ1v) is 12.2. The molecular formula is C28H23N3O4S. The maximum absolute atomic E-state index is 13.3.